The number of benzene rings is 2. The fraction of sp³-hybridized carbons (Fsp3) is 0.435. The smallest absolute Gasteiger partial charge is 0.191 e. The monoisotopic (exact) mass is 542 g/mol. The highest BCUT2D eigenvalue weighted by molar-refractivity contribution is 14.0. The van der Waals surface area contributed by atoms with Crippen molar-refractivity contribution in [2.75, 3.05) is 48.5 Å². The first-order valence-electron chi connectivity index (χ1n) is 10.1. The molecule has 0 aromatic heterocycles. The summed E-state index contributed by atoms with van der Waals surface area (Å²) < 4.78 is 16.2. The second-order valence-corrected chi connectivity index (χ2v) is 6.99. The number of rotatable bonds is 10. The predicted octanol–water partition coefficient (Wildman–Crippen LogP) is 3.69. The molecule has 172 valence electrons. The zero-order chi connectivity index (χ0) is 21.9. The molecular formula is C23H35IN4O3. The summed E-state index contributed by atoms with van der Waals surface area (Å²) in [6.07, 6.45) is 0. The van der Waals surface area contributed by atoms with Crippen LogP contribution in [0.3, 0.4) is 0 Å². The molecule has 0 heterocycles. The maximum atomic E-state index is 5.55. The van der Waals surface area contributed by atoms with Crippen LogP contribution in [0.1, 0.15) is 24.1 Å². The lowest BCUT2D eigenvalue weighted by Gasteiger charge is -2.27. The average Bonchev–Trinajstić information content (AvgIpc) is 2.77. The van der Waals surface area contributed by atoms with Gasteiger partial charge in [0.2, 0.25) is 0 Å². The third-order valence-corrected chi connectivity index (χ3v) is 4.80. The average molecular weight is 542 g/mol. The number of hydrogen-bond donors (Lipinski definition) is 2. The highest BCUT2D eigenvalue weighted by Gasteiger charge is 2.18. The molecule has 0 saturated heterocycles. The molecule has 2 aromatic rings. The summed E-state index contributed by atoms with van der Waals surface area (Å²) in [6, 6.07) is 14.1. The lowest BCUT2D eigenvalue weighted by atomic mass is 10.0. The molecule has 0 spiro atoms. The molecule has 0 aliphatic carbocycles. The van der Waals surface area contributed by atoms with Crippen LogP contribution in [0.2, 0.25) is 0 Å². The Bertz CT molecular complexity index is 830. The molecule has 0 saturated carbocycles. The number of aliphatic imine (C=N–C) groups is 1. The van der Waals surface area contributed by atoms with Gasteiger partial charge in [0.1, 0.15) is 5.75 Å². The van der Waals surface area contributed by atoms with Gasteiger partial charge in [0.25, 0.3) is 0 Å². The van der Waals surface area contributed by atoms with Crippen LogP contribution in [-0.2, 0) is 6.54 Å². The van der Waals surface area contributed by atoms with Crippen LogP contribution in [0, 0.1) is 0 Å². The Kier molecular flexibility index (Phi) is 12.1. The van der Waals surface area contributed by atoms with Gasteiger partial charge in [0, 0.05) is 18.7 Å². The van der Waals surface area contributed by atoms with Crippen LogP contribution in [0.5, 0.6) is 17.2 Å². The molecule has 2 rings (SSSR count). The van der Waals surface area contributed by atoms with Gasteiger partial charge in [-0.3, -0.25) is 0 Å². The normalized spacial score (nSPS) is 12.0. The zero-order valence-electron chi connectivity index (χ0n) is 19.3. The van der Waals surface area contributed by atoms with Crippen molar-refractivity contribution in [1.29, 1.82) is 0 Å². The van der Waals surface area contributed by atoms with Crippen molar-refractivity contribution >= 4 is 29.9 Å². The number of guanidine groups is 1. The first-order valence-corrected chi connectivity index (χ1v) is 10.1. The van der Waals surface area contributed by atoms with Gasteiger partial charge in [-0.2, -0.15) is 0 Å². The van der Waals surface area contributed by atoms with Crippen molar-refractivity contribution < 1.29 is 14.2 Å². The SMILES string of the molecule is CCNC(=NCc1ccc(OC)c(OC)c1)NCC(c1ccccc1OC)N(C)C.I. The van der Waals surface area contributed by atoms with E-state index in [2.05, 4.69) is 42.6 Å². The number of likely N-dealkylation sites (N-methyl/N-ethyl adjacent to an activating group) is 1. The van der Waals surface area contributed by atoms with E-state index in [1.807, 2.05) is 36.4 Å². The molecular weight excluding hydrogens is 507 g/mol. The highest BCUT2D eigenvalue weighted by atomic mass is 127. The van der Waals surface area contributed by atoms with Crippen LogP contribution >= 0.6 is 24.0 Å². The van der Waals surface area contributed by atoms with E-state index in [0.717, 1.165) is 29.4 Å². The molecule has 31 heavy (non-hydrogen) atoms. The zero-order valence-corrected chi connectivity index (χ0v) is 21.6. The Morgan fingerprint density at radius 3 is 2.23 bits per heavy atom. The Morgan fingerprint density at radius 1 is 0.935 bits per heavy atom. The molecule has 1 unspecified atom stereocenters. The van der Waals surface area contributed by atoms with E-state index in [9.17, 15) is 0 Å². The van der Waals surface area contributed by atoms with E-state index in [-0.39, 0.29) is 30.0 Å². The molecule has 7 nitrogen and oxygen atoms in total. The number of methoxy groups -OCH3 is 3. The molecule has 0 aliphatic rings. The molecule has 2 N–H and O–H groups in total. The van der Waals surface area contributed by atoms with Gasteiger partial charge >= 0.3 is 0 Å². The Balaban J connectivity index is 0.00000480. The summed E-state index contributed by atoms with van der Waals surface area (Å²) in [4.78, 5) is 6.90. The molecule has 0 radical (unpaired) electrons. The second-order valence-electron chi connectivity index (χ2n) is 6.99. The number of halogens is 1. The van der Waals surface area contributed by atoms with Crippen LogP contribution in [-0.4, -0.2) is 59.4 Å². The molecule has 8 heteroatoms. The summed E-state index contributed by atoms with van der Waals surface area (Å²) in [5.74, 6) is 3.05. The van der Waals surface area contributed by atoms with Crippen molar-refractivity contribution in [3.05, 3.63) is 53.6 Å². The minimum Gasteiger partial charge on any atom is -0.496 e. The summed E-state index contributed by atoms with van der Waals surface area (Å²) in [5.41, 5.74) is 2.17. The summed E-state index contributed by atoms with van der Waals surface area (Å²) in [7, 11) is 9.09. The van der Waals surface area contributed by atoms with Gasteiger partial charge in [-0.1, -0.05) is 24.3 Å². The lowest BCUT2D eigenvalue weighted by molar-refractivity contribution is 0.287. The van der Waals surface area contributed by atoms with E-state index in [0.29, 0.717) is 24.6 Å². The van der Waals surface area contributed by atoms with Crippen molar-refractivity contribution in [3.63, 3.8) is 0 Å². The van der Waals surface area contributed by atoms with Crippen LogP contribution in [0.25, 0.3) is 0 Å². The highest BCUT2D eigenvalue weighted by Crippen LogP contribution is 2.28. The van der Waals surface area contributed by atoms with E-state index >= 15 is 0 Å². The van der Waals surface area contributed by atoms with Gasteiger partial charge in [-0.25, -0.2) is 4.99 Å². The van der Waals surface area contributed by atoms with Gasteiger partial charge in [-0.15, -0.1) is 24.0 Å². The molecule has 1 atom stereocenters. The lowest BCUT2D eigenvalue weighted by Crippen LogP contribution is -2.41. The molecule has 0 bridgehead atoms. The van der Waals surface area contributed by atoms with Crippen LogP contribution in [0.15, 0.2) is 47.5 Å². The number of nitrogens with zero attached hydrogens (tertiary/aromatic N) is 2. The predicted molar refractivity (Wildman–Crippen MR) is 137 cm³/mol. The summed E-state index contributed by atoms with van der Waals surface area (Å²) >= 11 is 0. The molecule has 0 aliphatic heterocycles. The summed E-state index contributed by atoms with van der Waals surface area (Å²) in [5, 5.41) is 6.77. The fourth-order valence-electron chi connectivity index (χ4n) is 3.20. The van der Waals surface area contributed by atoms with E-state index in [1.54, 1.807) is 21.3 Å². The minimum atomic E-state index is 0. The number of hydrogen-bond acceptors (Lipinski definition) is 5. The summed E-state index contributed by atoms with van der Waals surface area (Å²) in [6.45, 7) is 4.04. The van der Waals surface area contributed by atoms with Crippen molar-refractivity contribution in [3.8, 4) is 17.2 Å². The van der Waals surface area contributed by atoms with Crippen molar-refractivity contribution in [2.45, 2.75) is 19.5 Å². The first kappa shape index (κ1) is 26.8. The Hall–Kier alpha value is -2.20. The molecule has 2 aromatic carbocycles. The fourth-order valence-corrected chi connectivity index (χ4v) is 3.20. The van der Waals surface area contributed by atoms with Gasteiger partial charge < -0.3 is 29.7 Å². The minimum absolute atomic E-state index is 0. The largest absolute Gasteiger partial charge is 0.496 e. The van der Waals surface area contributed by atoms with Crippen molar-refractivity contribution in [1.82, 2.24) is 15.5 Å². The number of ether oxygens (including phenoxy) is 3. The van der Waals surface area contributed by atoms with E-state index in [1.165, 1.54) is 0 Å². The maximum absolute atomic E-state index is 5.55. The first-order chi connectivity index (χ1) is 14.5. The number of para-hydroxylation sites is 1. The maximum Gasteiger partial charge on any atom is 0.191 e. The van der Waals surface area contributed by atoms with E-state index < -0.39 is 0 Å². The van der Waals surface area contributed by atoms with E-state index in [4.69, 9.17) is 19.2 Å². The Morgan fingerprint density at radius 2 is 1.61 bits per heavy atom. The third-order valence-electron chi connectivity index (χ3n) is 4.80. The van der Waals surface area contributed by atoms with Gasteiger partial charge in [-0.05, 0) is 44.8 Å². The second kappa shape index (κ2) is 14.0. The third kappa shape index (κ3) is 7.77. The standard InChI is InChI=1S/C23H34N4O3.HI/c1-7-24-23(25-15-17-12-13-21(29-5)22(14-17)30-6)26-16-19(27(2)3)18-10-8-9-11-20(18)28-4;/h8-14,19H,7,15-16H2,1-6H3,(H2,24,25,26);1H. The molecule has 0 fully saturated rings. The molecule has 0 amide bonds. The van der Waals surface area contributed by atoms with Gasteiger partial charge in [0.15, 0.2) is 17.5 Å². The topological polar surface area (TPSA) is 67.4 Å². The van der Waals surface area contributed by atoms with Crippen LogP contribution < -0.4 is 24.8 Å². The van der Waals surface area contributed by atoms with Crippen molar-refractivity contribution in [2.24, 2.45) is 4.99 Å². The Labute approximate surface area is 203 Å². The number of nitrogens with one attached hydrogen (secondary N) is 2. The quantitative estimate of drug-likeness (QED) is 0.271. The van der Waals surface area contributed by atoms with Gasteiger partial charge in [0.05, 0.1) is 33.9 Å². The van der Waals surface area contributed by atoms with Crippen LogP contribution in [0.4, 0.5) is 0 Å².